The Kier molecular flexibility index (Phi) is 6.11. The SMILES string of the molecule is CC(C)(C)OC(=O)N1CCC(CN2CCN(c3cn4ccnc4cc3Cl)CC2)CC1. The molecule has 0 bridgehead atoms. The molecule has 8 heteroatoms. The number of carbonyl (C=O) groups excluding carboxylic acids is 1. The number of imidazole rings is 1. The Morgan fingerprint density at radius 1 is 1.17 bits per heavy atom. The number of aromatic nitrogens is 2. The number of rotatable bonds is 3. The number of pyridine rings is 1. The van der Waals surface area contributed by atoms with Gasteiger partial charge in [-0.3, -0.25) is 4.90 Å². The van der Waals surface area contributed by atoms with Crippen molar-refractivity contribution in [2.45, 2.75) is 39.2 Å². The van der Waals surface area contributed by atoms with Gasteiger partial charge >= 0.3 is 6.09 Å². The summed E-state index contributed by atoms with van der Waals surface area (Å²) in [5.74, 6) is 0.640. The Morgan fingerprint density at radius 2 is 1.87 bits per heavy atom. The molecule has 164 valence electrons. The molecule has 0 aliphatic carbocycles. The molecule has 0 unspecified atom stereocenters. The number of likely N-dealkylation sites (tertiary alicyclic amines) is 1. The normalized spacial score (nSPS) is 19.5. The highest BCUT2D eigenvalue weighted by Gasteiger charge is 2.28. The maximum atomic E-state index is 12.2. The average molecular weight is 434 g/mol. The number of piperazine rings is 1. The second-order valence-corrected chi connectivity index (χ2v) is 9.80. The molecule has 0 saturated carbocycles. The minimum atomic E-state index is -0.432. The highest BCUT2D eigenvalue weighted by atomic mass is 35.5. The largest absolute Gasteiger partial charge is 0.444 e. The molecule has 0 atom stereocenters. The Bertz CT molecular complexity index is 877. The average Bonchev–Trinajstić information content (AvgIpc) is 3.14. The van der Waals surface area contributed by atoms with E-state index >= 15 is 0 Å². The maximum absolute atomic E-state index is 12.2. The summed E-state index contributed by atoms with van der Waals surface area (Å²) < 4.78 is 7.52. The summed E-state index contributed by atoms with van der Waals surface area (Å²) in [6.07, 6.45) is 7.73. The number of ether oxygens (including phenoxy) is 1. The van der Waals surface area contributed by atoms with Gasteiger partial charge in [-0.1, -0.05) is 11.6 Å². The molecular formula is C22H32ClN5O2. The third-order valence-electron chi connectivity index (χ3n) is 5.96. The maximum Gasteiger partial charge on any atom is 0.410 e. The summed E-state index contributed by atoms with van der Waals surface area (Å²) >= 11 is 6.51. The number of nitrogens with zero attached hydrogens (tertiary/aromatic N) is 5. The van der Waals surface area contributed by atoms with Crippen molar-refractivity contribution >= 4 is 29.0 Å². The molecule has 1 amide bonds. The van der Waals surface area contributed by atoms with Gasteiger partial charge in [-0.25, -0.2) is 9.78 Å². The smallest absolute Gasteiger partial charge is 0.410 e. The number of piperidine rings is 1. The third kappa shape index (κ3) is 5.01. The van der Waals surface area contributed by atoms with Crippen LogP contribution in [-0.4, -0.2) is 76.7 Å². The van der Waals surface area contributed by atoms with Crippen LogP contribution in [0.15, 0.2) is 24.7 Å². The quantitative estimate of drug-likeness (QED) is 0.737. The molecule has 4 heterocycles. The molecule has 0 N–H and O–H groups in total. The van der Waals surface area contributed by atoms with Crippen molar-refractivity contribution < 1.29 is 9.53 Å². The monoisotopic (exact) mass is 433 g/mol. The van der Waals surface area contributed by atoms with Crippen molar-refractivity contribution in [1.29, 1.82) is 0 Å². The first kappa shape index (κ1) is 21.2. The summed E-state index contributed by atoms with van der Waals surface area (Å²) in [7, 11) is 0. The van der Waals surface area contributed by atoms with Crippen LogP contribution in [0.25, 0.3) is 5.65 Å². The molecule has 0 spiro atoms. The van der Waals surface area contributed by atoms with Crippen LogP contribution < -0.4 is 4.90 Å². The van der Waals surface area contributed by atoms with Gasteiger partial charge in [0.2, 0.25) is 0 Å². The predicted molar refractivity (Wildman–Crippen MR) is 119 cm³/mol. The fraction of sp³-hybridized carbons (Fsp3) is 0.636. The lowest BCUT2D eigenvalue weighted by Crippen LogP contribution is -2.49. The van der Waals surface area contributed by atoms with Crippen molar-refractivity contribution in [3.05, 3.63) is 29.7 Å². The summed E-state index contributed by atoms with van der Waals surface area (Å²) in [6, 6.07) is 1.93. The van der Waals surface area contributed by atoms with Gasteiger partial charge in [0.1, 0.15) is 11.2 Å². The number of amides is 1. The van der Waals surface area contributed by atoms with Crippen molar-refractivity contribution in [2.24, 2.45) is 5.92 Å². The lowest BCUT2D eigenvalue weighted by Gasteiger charge is -2.39. The van der Waals surface area contributed by atoms with Gasteiger partial charge in [0.05, 0.1) is 10.7 Å². The van der Waals surface area contributed by atoms with Crippen LogP contribution in [0.4, 0.5) is 10.5 Å². The fourth-order valence-corrected chi connectivity index (χ4v) is 4.59. The Hall–Kier alpha value is -1.99. The number of fused-ring (bicyclic) bond motifs is 1. The van der Waals surface area contributed by atoms with Crippen molar-refractivity contribution in [3.63, 3.8) is 0 Å². The van der Waals surface area contributed by atoms with Gasteiger partial charge in [-0.2, -0.15) is 0 Å². The van der Waals surface area contributed by atoms with Crippen molar-refractivity contribution in [2.75, 3.05) is 50.7 Å². The second kappa shape index (κ2) is 8.63. The predicted octanol–water partition coefficient (Wildman–Crippen LogP) is 3.76. The van der Waals surface area contributed by atoms with E-state index in [0.29, 0.717) is 5.92 Å². The van der Waals surface area contributed by atoms with Crippen LogP contribution in [0.1, 0.15) is 33.6 Å². The van der Waals surface area contributed by atoms with Crippen LogP contribution in [-0.2, 0) is 4.74 Å². The summed E-state index contributed by atoms with van der Waals surface area (Å²) in [5, 5.41) is 0.761. The zero-order valence-electron chi connectivity index (χ0n) is 18.2. The van der Waals surface area contributed by atoms with Gasteiger partial charge in [0, 0.05) is 70.5 Å². The molecule has 4 rings (SSSR count). The zero-order valence-corrected chi connectivity index (χ0v) is 18.9. The lowest BCUT2D eigenvalue weighted by molar-refractivity contribution is 0.0169. The van der Waals surface area contributed by atoms with Crippen LogP contribution in [0.2, 0.25) is 5.02 Å². The van der Waals surface area contributed by atoms with Gasteiger partial charge in [-0.05, 0) is 39.5 Å². The number of hydrogen-bond acceptors (Lipinski definition) is 5. The summed E-state index contributed by atoms with van der Waals surface area (Å²) in [4.78, 5) is 23.3. The first-order valence-electron chi connectivity index (χ1n) is 10.9. The molecular weight excluding hydrogens is 402 g/mol. The molecule has 2 aromatic heterocycles. The summed E-state index contributed by atoms with van der Waals surface area (Å²) in [5.41, 5.74) is 1.52. The number of anilines is 1. The van der Waals surface area contributed by atoms with E-state index in [-0.39, 0.29) is 6.09 Å². The van der Waals surface area contributed by atoms with E-state index in [1.54, 1.807) is 6.20 Å². The van der Waals surface area contributed by atoms with E-state index in [0.717, 1.165) is 75.0 Å². The van der Waals surface area contributed by atoms with E-state index in [2.05, 4.69) is 21.0 Å². The number of carbonyl (C=O) groups is 1. The van der Waals surface area contributed by atoms with E-state index in [4.69, 9.17) is 16.3 Å². The molecule has 2 aliphatic heterocycles. The second-order valence-electron chi connectivity index (χ2n) is 9.40. The zero-order chi connectivity index (χ0) is 21.3. The highest BCUT2D eigenvalue weighted by molar-refractivity contribution is 6.33. The standard InChI is InChI=1S/C22H32ClN5O2/c1-22(2,3)30-21(29)27-7-4-17(5-8-27)15-25-10-12-26(13-11-25)19-16-28-9-6-24-20(28)14-18(19)23/h6,9,14,16-17H,4-5,7-8,10-13,15H2,1-3H3. The minimum absolute atomic E-state index is 0.179. The van der Waals surface area contributed by atoms with Crippen LogP contribution in [0, 0.1) is 5.92 Å². The van der Waals surface area contributed by atoms with Gasteiger partial charge in [-0.15, -0.1) is 0 Å². The molecule has 2 saturated heterocycles. The minimum Gasteiger partial charge on any atom is -0.444 e. The number of halogens is 1. The first-order chi connectivity index (χ1) is 14.3. The Balaban J connectivity index is 1.24. The molecule has 2 fully saturated rings. The highest BCUT2D eigenvalue weighted by Crippen LogP contribution is 2.28. The third-order valence-corrected chi connectivity index (χ3v) is 6.26. The molecule has 0 radical (unpaired) electrons. The molecule has 30 heavy (non-hydrogen) atoms. The van der Waals surface area contributed by atoms with Crippen LogP contribution in [0.5, 0.6) is 0 Å². The van der Waals surface area contributed by atoms with E-state index in [1.807, 2.05) is 42.3 Å². The van der Waals surface area contributed by atoms with E-state index in [9.17, 15) is 4.79 Å². The topological polar surface area (TPSA) is 53.3 Å². The van der Waals surface area contributed by atoms with Crippen molar-refractivity contribution in [3.8, 4) is 0 Å². The van der Waals surface area contributed by atoms with E-state index in [1.165, 1.54) is 0 Å². The van der Waals surface area contributed by atoms with Crippen LogP contribution in [0.3, 0.4) is 0 Å². The Labute approximate surface area is 183 Å². The van der Waals surface area contributed by atoms with E-state index < -0.39 is 5.60 Å². The first-order valence-corrected chi connectivity index (χ1v) is 11.2. The molecule has 0 aromatic carbocycles. The Morgan fingerprint density at radius 3 is 2.53 bits per heavy atom. The van der Waals surface area contributed by atoms with Gasteiger partial charge < -0.3 is 18.9 Å². The molecule has 7 nitrogen and oxygen atoms in total. The molecule has 2 aromatic rings. The van der Waals surface area contributed by atoms with Crippen molar-refractivity contribution in [1.82, 2.24) is 19.2 Å². The van der Waals surface area contributed by atoms with Gasteiger partial charge in [0.15, 0.2) is 0 Å². The molecule has 2 aliphatic rings. The van der Waals surface area contributed by atoms with Crippen LogP contribution >= 0.6 is 11.6 Å². The summed E-state index contributed by atoms with van der Waals surface area (Å²) in [6.45, 7) is 12.4. The fourth-order valence-electron chi connectivity index (χ4n) is 4.32. The lowest BCUT2D eigenvalue weighted by atomic mass is 9.96. The number of hydrogen-bond donors (Lipinski definition) is 0. The van der Waals surface area contributed by atoms with Gasteiger partial charge in [0.25, 0.3) is 0 Å².